The molecule has 0 radical (unpaired) electrons. The van der Waals surface area contributed by atoms with Crippen LogP contribution < -0.4 is 10.0 Å². The fourth-order valence-corrected chi connectivity index (χ4v) is 3.32. The van der Waals surface area contributed by atoms with Gasteiger partial charge in [0.25, 0.3) is 5.91 Å². The van der Waals surface area contributed by atoms with Gasteiger partial charge >= 0.3 is 0 Å². The van der Waals surface area contributed by atoms with Crippen molar-refractivity contribution in [1.29, 1.82) is 0 Å². The molecular formula is C13H23ClN4O4S. The van der Waals surface area contributed by atoms with Gasteiger partial charge in [0.15, 0.2) is 0 Å². The number of piperazine rings is 1. The molecule has 1 aromatic rings. The average Bonchev–Trinajstić information content (AvgIpc) is 2.98. The Morgan fingerprint density at radius 1 is 1.52 bits per heavy atom. The van der Waals surface area contributed by atoms with Crippen LogP contribution in [0.4, 0.5) is 0 Å². The summed E-state index contributed by atoms with van der Waals surface area (Å²) in [5.41, 5.74) is 0.279. The van der Waals surface area contributed by atoms with E-state index >= 15 is 0 Å². The van der Waals surface area contributed by atoms with Crippen molar-refractivity contribution in [2.75, 3.05) is 39.9 Å². The van der Waals surface area contributed by atoms with Gasteiger partial charge in [-0.2, -0.15) is 0 Å². The molecule has 23 heavy (non-hydrogen) atoms. The molecule has 1 aromatic heterocycles. The molecular weight excluding hydrogens is 344 g/mol. The molecule has 1 aliphatic rings. The molecule has 0 unspecified atom stereocenters. The average molecular weight is 367 g/mol. The summed E-state index contributed by atoms with van der Waals surface area (Å²) >= 11 is 0. The number of aromatic nitrogens is 1. The van der Waals surface area contributed by atoms with E-state index in [-0.39, 0.29) is 48.1 Å². The monoisotopic (exact) mass is 366 g/mol. The van der Waals surface area contributed by atoms with E-state index in [1.165, 1.54) is 19.4 Å². The Labute approximate surface area is 142 Å². The van der Waals surface area contributed by atoms with E-state index in [4.69, 9.17) is 4.74 Å². The van der Waals surface area contributed by atoms with Gasteiger partial charge < -0.3 is 19.9 Å². The van der Waals surface area contributed by atoms with Crippen LogP contribution >= 0.6 is 12.4 Å². The molecule has 0 aromatic carbocycles. The number of ether oxygens (including phenoxy) is 1. The summed E-state index contributed by atoms with van der Waals surface area (Å²) in [5.74, 6) is -0.188. The predicted molar refractivity (Wildman–Crippen MR) is 88.5 cm³/mol. The minimum Gasteiger partial charge on any atom is -0.383 e. The quantitative estimate of drug-likeness (QED) is 0.605. The molecule has 1 amide bonds. The van der Waals surface area contributed by atoms with Crippen LogP contribution in [0.15, 0.2) is 17.2 Å². The number of hydrogen-bond donors (Lipinski definition) is 3. The smallest absolute Gasteiger partial charge is 0.270 e. The van der Waals surface area contributed by atoms with E-state index in [0.717, 1.165) is 13.1 Å². The van der Waals surface area contributed by atoms with Gasteiger partial charge in [-0.3, -0.25) is 4.79 Å². The number of sulfonamides is 1. The molecule has 2 heterocycles. The topological polar surface area (TPSA) is 104 Å². The SMILES string of the molecule is COCCNS(=O)(=O)c1c[nH]c(C(=O)N2CCNC[C@H]2C)c1.Cl. The second-order valence-corrected chi connectivity index (χ2v) is 6.96. The third-order valence-corrected chi connectivity index (χ3v) is 5.00. The highest BCUT2D eigenvalue weighted by molar-refractivity contribution is 7.89. The van der Waals surface area contributed by atoms with Gasteiger partial charge in [-0.05, 0) is 13.0 Å². The van der Waals surface area contributed by atoms with Crippen molar-refractivity contribution in [3.8, 4) is 0 Å². The lowest BCUT2D eigenvalue weighted by Crippen LogP contribution is -2.52. The first-order valence-corrected chi connectivity index (χ1v) is 8.62. The number of nitrogens with one attached hydrogen (secondary N) is 3. The summed E-state index contributed by atoms with van der Waals surface area (Å²) in [5, 5.41) is 3.21. The van der Waals surface area contributed by atoms with Crippen LogP contribution in [0.2, 0.25) is 0 Å². The van der Waals surface area contributed by atoms with Gasteiger partial charge in [-0.25, -0.2) is 13.1 Å². The highest BCUT2D eigenvalue weighted by atomic mass is 35.5. The summed E-state index contributed by atoms with van der Waals surface area (Å²) in [6.07, 6.45) is 1.33. The number of carbonyl (C=O) groups is 1. The van der Waals surface area contributed by atoms with Gasteiger partial charge in [0.2, 0.25) is 10.0 Å². The Morgan fingerprint density at radius 3 is 2.91 bits per heavy atom. The zero-order valence-electron chi connectivity index (χ0n) is 13.2. The minimum atomic E-state index is -3.63. The molecule has 132 valence electrons. The molecule has 1 aliphatic heterocycles. The Balaban J connectivity index is 0.00000264. The second-order valence-electron chi connectivity index (χ2n) is 5.19. The van der Waals surface area contributed by atoms with Crippen molar-refractivity contribution in [3.63, 3.8) is 0 Å². The first kappa shape index (κ1) is 19.9. The first-order chi connectivity index (χ1) is 10.5. The molecule has 0 bridgehead atoms. The highest BCUT2D eigenvalue weighted by Crippen LogP contribution is 2.14. The number of halogens is 1. The summed E-state index contributed by atoms with van der Waals surface area (Å²) in [4.78, 5) is 17.0. The first-order valence-electron chi connectivity index (χ1n) is 7.14. The summed E-state index contributed by atoms with van der Waals surface area (Å²) in [6.45, 7) is 4.50. The lowest BCUT2D eigenvalue weighted by atomic mass is 10.2. The van der Waals surface area contributed by atoms with Crippen molar-refractivity contribution >= 4 is 28.3 Å². The number of amides is 1. The minimum absolute atomic E-state index is 0. The van der Waals surface area contributed by atoms with Crippen molar-refractivity contribution in [3.05, 3.63) is 18.0 Å². The van der Waals surface area contributed by atoms with E-state index in [1.54, 1.807) is 4.90 Å². The number of hydrogen-bond acceptors (Lipinski definition) is 5. The predicted octanol–water partition coefficient (Wildman–Crippen LogP) is -0.205. The van der Waals surface area contributed by atoms with Gasteiger partial charge in [0.1, 0.15) is 10.6 Å². The van der Waals surface area contributed by atoms with Gasteiger partial charge in [0, 0.05) is 45.5 Å². The lowest BCUT2D eigenvalue weighted by Gasteiger charge is -2.33. The van der Waals surface area contributed by atoms with Gasteiger partial charge in [-0.1, -0.05) is 0 Å². The maximum Gasteiger partial charge on any atom is 0.270 e. The maximum atomic E-state index is 12.4. The van der Waals surface area contributed by atoms with Crippen LogP contribution in [-0.2, 0) is 14.8 Å². The summed E-state index contributed by atoms with van der Waals surface area (Å²) in [7, 11) is -2.14. The van der Waals surface area contributed by atoms with Crippen molar-refractivity contribution in [1.82, 2.24) is 19.9 Å². The lowest BCUT2D eigenvalue weighted by molar-refractivity contribution is 0.0650. The third kappa shape index (κ3) is 4.92. The summed E-state index contributed by atoms with van der Waals surface area (Å²) < 4.78 is 31.3. The number of carbonyl (C=O) groups excluding carboxylic acids is 1. The maximum absolute atomic E-state index is 12.4. The highest BCUT2D eigenvalue weighted by Gasteiger charge is 2.26. The van der Waals surface area contributed by atoms with Crippen molar-refractivity contribution in [2.45, 2.75) is 17.9 Å². The third-order valence-electron chi connectivity index (χ3n) is 3.56. The normalized spacial score (nSPS) is 18.5. The molecule has 0 spiro atoms. The summed E-state index contributed by atoms with van der Waals surface area (Å²) in [6, 6.07) is 1.44. The fraction of sp³-hybridized carbons (Fsp3) is 0.615. The van der Waals surface area contributed by atoms with Crippen LogP contribution in [0.25, 0.3) is 0 Å². The second kappa shape index (κ2) is 8.65. The molecule has 8 nitrogen and oxygen atoms in total. The van der Waals surface area contributed by atoms with E-state index in [0.29, 0.717) is 6.54 Å². The molecule has 1 fully saturated rings. The van der Waals surface area contributed by atoms with Crippen LogP contribution in [0.1, 0.15) is 17.4 Å². The fourth-order valence-electron chi connectivity index (χ4n) is 2.31. The van der Waals surface area contributed by atoms with Crippen LogP contribution in [-0.4, -0.2) is 70.1 Å². The Kier molecular flexibility index (Phi) is 7.49. The largest absolute Gasteiger partial charge is 0.383 e. The zero-order valence-corrected chi connectivity index (χ0v) is 14.8. The van der Waals surface area contributed by atoms with Gasteiger partial charge in [-0.15, -0.1) is 12.4 Å². The van der Waals surface area contributed by atoms with Crippen LogP contribution in [0.3, 0.4) is 0 Å². The van der Waals surface area contributed by atoms with E-state index < -0.39 is 10.0 Å². The number of methoxy groups -OCH3 is 1. The van der Waals surface area contributed by atoms with Crippen LogP contribution in [0.5, 0.6) is 0 Å². The molecule has 1 saturated heterocycles. The number of nitrogens with zero attached hydrogens (tertiary/aromatic N) is 1. The molecule has 1 atom stereocenters. The van der Waals surface area contributed by atoms with Gasteiger partial charge in [0.05, 0.1) is 6.61 Å². The number of aromatic amines is 1. The van der Waals surface area contributed by atoms with E-state index in [2.05, 4.69) is 15.0 Å². The zero-order chi connectivity index (χ0) is 16.2. The Morgan fingerprint density at radius 2 is 2.26 bits per heavy atom. The Bertz CT molecular complexity index is 619. The molecule has 10 heteroatoms. The van der Waals surface area contributed by atoms with E-state index in [1.807, 2.05) is 6.92 Å². The molecule has 0 aliphatic carbocycles. The van der Waals surface area contributed by atoms with Crippen molar-refractivity contribution in [2.24, 2.45) is 0 Å². The van der Waals surface area contributed by atoms with Crippen LogP contribution in [0, 0.1) is 0 Å². The molecule has 3 N–H and O–H groups in total. The number of rotatable bonds is 6. The molecule has 0 saturated carbocycles. The Hall–Kier alpha value is -1.13. The van der Waals surface area contributed by atoms with Crippen molar-refractivity contribution < 1.29 is 17.9 Å². The van der Waals surface area contributed by atoms with E-state index in [9.17, 15) is 13.2 Å². The standard InChI is InChI=1S/C13H22N4O4S.ClH/c1-10-8-14-3-5-17(10)13(18)12-7-11(9-15-12)22(19,20)16-4-6-21-2;/h7,9-10,14-16H,3-6,8H2,1-2H3;1H/t10-;/m1./s1. The number of H-pyrrole nitrogens is 1. The molecule has 2 rings (SSSR count).